The Bertz CT molecular complexity index is 503. The Labute approximate surface area is 109 Å². The van der Waals surface area contributed by atoms with Gasteiger partial charge in [-0.3, -0.25) is 9.59 Å². The number of ether oxygens (including phenoxy) is 1. The zero-order chi connectivity index (χ0) is 13.3. The molecule has 18 heavy (non-hydrogen) atoms. The van der Waals surface area contributed by atoms with Crippen LogP contribution in [0.3, 0.4) is 0 Å². The van der Waals surface area contributed by atoms with Gasteiger partial charge in [-0.1, -0.05) is 11.6 Å². The third-order valence-corrected chi connectivity index (χ3v) is 3.25. The molecule has 6 heteroatoms. The maximum Gasteiger partial charge on any atom is 0.316 e. The van der Waals surface area contributed by atoms with E-state index in [2.05, 4.69) is 0 Å². The van der Waals surface area contributed by atoms with Crippen LogP contribution in [-0.2, 0) is 9.59 Å². The number of carbonyl (C=O) groups is 2. The van der Waals surface area contributed by atoms with Gasteiger partial charge < -0.3 is 14.7 Å². The van der Waals surface area contributed by atoms with Crippen LogP contribution in [0.1, 0.15) is 6.42 Å². The van der Waals surface area contributed by atoms with Crippen LogP contribution in [-0.4, -0.2) is 30.6 Å². The monoisotopic (exact) mass is 269 g/mol. The molecule has 1 aromatic rings. The van der Waals surface area contributed by atoms with Gasteiger partial charge in [0.05, 0.1) is 12.1 Å². The average Bonchev–Trinajstić information content (AvgIpc) is 2.71. The fraction of sp³-hybridized carbons (Fsp3) is 0.333. The molecule has 1 heterocycles. The fourth-order valence-electron chi connectivity index (χ4n) is 1.99. The number of nitrogens with zero attached hydrogens (tertiary/aromatic N) is 1. The summed E-state index contributed by atoms with van der Waals surface area (Å²) in [6.45, 7) is 0.387. The predicted octanol–water partition coefficient (Wildman–Crippen LogP) is 1.79. The molecule has 1 unspecified atom stereocenters. The molecule has 0 aliphatic carbocycles. The SMILES string of the molecule is COc1ccc(N2CCC(C(=O)O)C2=O)cc1Cl. The van der Waals surface area contributed by atoms with E-state index in [0.29, 0.717) is 29.4 Å². The van der Waals surface area contributed by atoms with Crippen molar-refractivity contribution in [3.8, 4) is 5.75 Å². The van der Waals surface area contributed by atoms with Crippen molar-refractivity contribution >= 4 is 29.2 Å². The Morgan fingerprint density at radius 1 is 1.56 bits per heavy atom. The van der Waals surface area contributed by atoms with Crippen molar-refractivity contribution in [1.82, 2.24) is 0 Å². The van der Waals surface area contributed by atoms with Crippen molar-refractivity contribution in [3.63, 3.8) is 0 Å². The minimum Gasteiger partial charge on any atom is -0.495 e. The summed E-state index contributed by atoms with van der Waals surface area (Å²) in [6, 6.07) is 4.94. The number of methoxy groups -OCH3 is 1. The van der Waals surface area contributed by atoms with Crippen LogP contribution in [0.4, 0.5) is 5.69 Å². The Balaban J connectivity index is 2.26. The molecule has 0 saturated carbocycles. The van der Waals surface area contributed by atoms with Gasteiger partial charge in [-0.05, 0) is 24.6 Å². The van der Waals surface area contributed by atoms with E-state index in [4.69, 9.17) is 21.4 Å². The van der Waals surface area contributed by atoms with Crippen LogP contribution in [0.5, 0.6) is 5.75 Å². The third-order valence-electron chi connectivity index (χ3n) is 2.95. The van der Waals surface area contributed by atoms with Crippen molar-refractivity contribution in [2.75, 3.05) is 18.6 Å². The second-order valence-corrected chi connectivity index (χ2v) is 4.40. The Kier molecular flexibility index (Phi) is 3.43. The van der Waals surface area contributed by atoms with E-state index in [0.717, 1.165) is 0 Å². The molecular formula is C12H12ClNO4. The molecule has 1 aromatic carbocycles. The maximum atomic E-state index is 11.9. The molecule has 0 bridgehead atoms. The van der Waals surface area contributed by atoms with Crippen molar-refractivity contribution in [1.29, 1.82) is 0 Å². The first-order valence-electron chi connectivity index (χ1n) is 5.42. The van der Waals surface area contributed by atoms with Gasteiger partial charge in [-0.15, -0.1) is 0 Å². The number of anilines is 1. The Morgan fingerprint density at radius 3 is 2.78 bits per heavy atom. The lowest BCUT2D eigenvalue weighted by molar-refractivity contribution is -0.144. The summed E-state index contributed by atoms with van der Waals surface area (Å²) in [6.07, 6.45) is 0.317. The van der Waals surface area contributed by atoms with Gasteiger partial charge in [0.2, 0.25) is 5.91 Å². The molecule has 0 spiro atoms. The minimum absolute atomic E-state index is 0.317. The van der Waals surface area contributed by atoms with Gasteiger partial charge in [0.25, 0.3) is 0 Å². The predicted molar refractivity (Wildman–Crippen MR) is 66.1 cm³/mol. The number of carboxylic acids is 1. The first-order chi connectivity index (χ1) is 8.54. The molecule has 1 saturated heterocycles. The minimum atomic E-state index is -1.08. The number of amides is 1. The summed E-state index contributed by atoms with van der Waals surface area (Å²) in [4.78, 5) is 24.2. The molecule has 5 nitrogen and oxygen atoms in total. The van der Waals surface area contributed by atoms with E-state index < -0.39 is 17.8 Å². The number of rotatable bonds is 3. The van der Waals surface area contributed by atoms with Gasteiger partial charge in [0.15, 0.2) is 0 Å². The summed E-state index contributed by atoms with van der Waals surface area (Å²) < 4.78 is 5.02. The molecule has 1 atom stereocenters. The van der Waals surface area contributed by atoms with E-state index in [1.165, 1.54) is 12.0 Å². The smallest absolute Gasteiger partial charge is 0.316 e. The number of halogens is 1. The summed E-state index contributed by atoms with van der Waals surface area (Å²) in [5, 5.41) is 9.28. The number of aliphatic carboxylic acids is 1. The van der Waals surface area contributed by atoms with Gasteiger partial charge in [0, 0.05) is 12.2 Å². The quantitative estimate of drug-likeness (QED) is 0.850. The van der Waals surface area contributed by atoms with Crippen LogP contribution >= 0.6 is 11.6 Å². The maximum absolute atomic E-state index is 11.9. The van der Waals surface area contributed by atoms with Gasteiger partial charge in [0.1, 0.15) is 11.7 Å². The molecule has 1 fully saturated rings. The molecule has 1 aliphatic heterocycles. The van der Waals surface area contributed by atoms with Crippen molar-refractivity contribution in [3.05, 3.63) is 23.2 Å². The molecular weight excluding hydrogens is 258 g/mol. The average molecular weight is 270 g/mol. The van der Waals surface area contributed by atoms with E-state index in [9.17, 15) is 9.59 Å². The van der Waals surface area contributed by atoms with Crippen LogP contribution in [0.2, 0.25) is 5.02 Å². The largest absolute Gasteiger partial charge is 0.495 e. The zero-order valence-electron chi connectivity index (χ0n) is 9.72. The zero-order valence-corrected chi connectivity index (χ0v) is 10.5. The first kappa shape index (κ1) is 12.7. The van der Waals surface area contributed by atoms with Crippen LogP contribution in [0, 0.1) is 5.92 Å². The number of carbonyl (C=O) groups excluding carboxylic acids is 1. The van der Waals surface area contributed by atoms with E-state index >= 15 is 0 Å². The number of hydrogen-bond acceptors (Lipinski definition) is 3. The standard InChI is InChI=1S/C12H12ClNO4/c1-18-10-3-2-7(6-9(10)13)14-5-4-8(11(14)15)12(16)17/h2-3,6,8H,4-5H2,1H3,(H,16,17). The molecule has 0 radical (unpaired) electrons. The van der Waals surface area contributed by atoms with Crippen molar-refractivity contribution < 1.29 is 19.4 Å². The molecule has 2 rings (SSSR count). The Hall–Kier alpha value is -1.75. The molecule has 0 aromatic heterocycles. The summed E-state index contributed by atoms with van der Waals surface area (Å²) in [5.41, 5.74) is 0.592. The lowest BCUT2D eigenvalue weighted by atomic mass is 10.1. The molecule has 1 amide bonds. The summed E-state index contributed by atoms with van der Waals surface area (Å²) >= 11 is 5.98. The molecule has 1 aliphatic rings. The summed E-state index contributed by atoms with van der Waals surface area (Å²) in [7, 11) is 1.50. The van der Waals surface area contributed by atoms with Gasteiger partial charge in [-0.25, -0.2) is 0 Å². The van der Waals surface area contributed by atoms with Crippen molar-refractivity contribution in [2.24, 2.45) is 5.92 Å². The van der Waals surface area contributed by atoms with Crippen molar-refractivity contribution in [2.45, 2.75) is 6.42 Å². The van der Waals surface area contributed by atoms with E-state index in [1.54, 1.807) is 18.2 Å². The highest BCUT2D eigenvalue weighted by Crippen LogP contribution is 2.32. The van der Waals surface area contributed by atoms with Gasteiger partial charge >= 0.3 is 5.97 Å². The number of benzene rings is 1. The summed E-state index contributed by atoms with van der Waals surface area (Å²) in [5.74, 6) is -1.92. The number of carboxylic acid groups (broad SMARTS) is 1. The lowest BCUT2D eigenvalue weighted by Gasteiger charge is -2.17. The highest BCUT2D eigenvalue weighted by molar-refractivity contribution is 6.32. The highest BCUT2D eigenvalue weighted by atomic mass is 35.5. The van der Waals surface area contributed by atoms with Gasteiger partial charge in [-0.2, -0.15) is 0 Å². The van der Waals surface area contributed by atoms with Crippen LogP contribution < -0.4 is 9.64 Å². The second-order valence-electron chi connectivity index (χ2n) is 3.99. The lowest BCUT2D eigenvalue weighted by Crippen LogP contribution is -2.30. The topological polar surface area (TPSA) is 66.8 Å². The normalized spacial score (nSPS) is 19.1. The van der Waals surface area contributed by atoms with E-state index in [-0.39, 0.29) is 0 Å². The molecule has 1 N–H and O–H groups in total. The Morgan fingerprint density at radius 2 is 2.28 bits per heavy atom. The van der Waals surface area contributed by atoms with E-state index in [1.807, 2.05) is 0 Å². The first-order valence-corrected chi connectivity index (χ1v) is 5.80. The highest BCUT2D eigenvalue weighted by Gasteiger charge is 2.37. The van der Waals surface area contributed by atoms with Crippen LogP contribution in [0.15, 0.2) is 18.2 Å². The molecule has 96 valence electrons. The van der Waals surface area contributed by atoms with Crippen LogP contribution in [0.25, 0.3) is 0 Å². The second kappa shape index (κ2) is 4.86. The fourth-order valence-corrected chi connectivity index (χ4v) is 2.24. The number of hydrogen-bond donors (Lipinski definition) is 1. The third kappa shape index (κ3) is 2.13.